The van der Waals surface area contributed by atoms with Gasteiger partial charge in [-0.3, -0.25) is 0 Å². The Hall–Kier alpha value is -1.49. The first-order valence-electron chi connectivity index (χ1n) is 6.64. The molecule has 0 aliphatic rings. The van der Waals surface area contributed by atoms with Gasteiger partial charge in [0.2, 0.25) is 0 Å². The standard InChI is InChI=1S/C14H20N4S/c1-4-5-12-17-11-6-9(2)7-16-14(11)18(12)8-10(3)13(15)19/h6-7,10H,4-5,8H2,1-3H3,(H2,15,19). The maximum Gasteiger partial charge on any atom is 0.160 e. The van der Waals surface area contributed by atoms with E-state index in [-0.39, 0.29) is 5.92 Å². The molecule has 2 N–H and O–H groups in total. The van der Waals surface area contributed by atoms with Gasteiger partial charge in [0.1, 0.15) is 11.3 Å². The molecule has 1 unspecified atom stereocenters. The van der Waals surface area contributed by atoms with Crippen LogP contribution in [0.25, 0.3) is 11.2 Å². The molecule has 0 amide bonds. The zero-order valence-corrected chi connectivity index (χ0v) is 12.5. The van der Waals surface area contributed by atoms with E-state index in [9.17, 15) is 0 Å². The van der Waals surface area contributed by atoms with Crippen molar-refractivity contribution in [3.8, 4) is 0 Å². The van der Waals surface area contributed by atoms with Gasteiger partial charge in [0.05, 0.1) is 4.99 Å². The maximum atomic E-state index is 5.72. The fourth-order valence-corrected chi connectivity index (χ4v) is 2.20. The van der Waals surface area contributed by atoms with Crippen molar-refractivity contribution in [1.29, 1.82) is 0 Å². The summed E-state index contributed by atoms with van der Waals surface area (Å²) in [4.78, 5) is 9.74. The summed E-state index contributed by atoms with van der Waals surface area (Å²) in [6.07, 6.45) is 3.88. The number of thiocarbonyl (C=S) groups is 1. The average molecular weight is 276 g/mol. The molecule has 2 aromatic rings. The molecule has 102 valence electrons. The third-order valence-electron chi connectivity index (χ3n) is 3.22. The molecule has 0 spiro atoms. The van der Waals surface area contributed by atoms with Crippen LogP contribution in [0, 0.1) is 12.8 Å². The Kier molecular flexibility index (Phi) is 4.14. The highest BCUT2D eigenvalue weighted by molar-refractivity contribution is 7.80. The minimum absolute atomic E-state index is 0.145. The fraction of sp³-hybridized carbons (Fsp3) is 0.500. The monoisotopic (exact) mass is 276 g/mol. The molecule has 0 aromatic carbocycles. The van der Waals surface area contributed by atoms with Gasteiger partial charge in [-0.25, -0.2) is 9.97 Å². The number of hydrogen-bond donors (Lipinski definition) is 1. The summed E-state index contributed by atoms with van der Waals surface area (Å²) in [5.41, 5.74) is 8.73. The lowest BCUT2D eigenvalue weighted by Gasteiger charge is -2.13. The van der Waals surface area contributed by atoms with E-state index in [1.54, 1.807) is 0 Å². The Labute approximate surface area is 119 Å². The molecule has 2 heterocycles. The molecular weight excluding hydrogens is 256 g/mol. The van der Waals surface area contributed by atoms with Crippen LogP contribution in [0.1, 0.15) is 31.7 Å². The smallest absolute Gasteiger partial charge is 0.160 e. The molecule has 0 fully saturated rings. The van der Waals surface area contributed by atoms with Gasteiger partial charge in [0.25, 0.3) is 0 Å². The van der Waals surface area contributed by atoms with Crippen LogP contribution < -0.4 is 5.73 Å². The van der Waals surface area contributed by atoms with Gasteiger partial charge in [0.15, 0.2) is 5.65 Å². The number of nitrogens with two attached hydrogens (primary N) is 1. The molecule has 4 nitrogen and oxygen atoms in total. The predicted molar refractivity (Wildman–Crippen MR) is 82.2 cm³/mol. The Balaban J connectivity index is 2.48. The molecule has 0 aliphatic carbocycles. The molecule has 2 rings (SSSR count). The normalized spacial score (nSPS) is 12.8. The summed E-state index contributed by atoms with van der Waals surface area (Å²) in [5.74, 6) is 1.21. The highest BCUT2D eigenvalue weighted by Gasteiger charge is 2.15. The lowest BCUT2D eigenvalue weighted by atomic mass is 10.2. The molecule has 0 saturated heterocycles. The van der Waals surface area contributed by atoms with Gasteiger partial charge < -0.3 is 10.3 Å². The first-order valence-corrected chi connectivity index (χ1v) is 7.04. The SMILES string of the molecule is CCCc1nc2cc(C)cnc2n1CC(C)C(N)=S. The van der Waals surface area contributed by atoms with Gasteiger partial charge >= 0.3 is 0 Å². The summed E-state index contributed by atoms with van der Waals surface area (Å²) in [5, 5.41) is 0. The third-order valence-corrected chi connectivity index (χ3v) is 3.62. The number of hydrogen-bond acceptors (Lipinski definition) is 3. The van der Waals surface area contributed by atoms with Gasteiger partial charge in [0, 0.05) is 25.1 Å². The van der Waals surface area contributed by atoms with Crippen molar-refractivity contribution in [1.82, 2.24) is 14.5 Å². The van der Waals surface area contributed by atoms with Gasteiger partial charge in [-0.1, -0.05) is 26.1 Å². The minimum Gasteiger partial charge on any atom is -0.393 e. The second-order valence-electron chi connectivity index (χ2n) is 5.05. The molecule has 2 aromatic heterocycles. The molecule has 1 atom stereocenters. The first-order chi connectivity index (χ1) is 9.02. The number of fused-ring (bicyclic) bond motifs is 1. The molecule has 19 heavy (non-hydrogen) atoms. The predicted octanol–water partition coefficient (Wildman–Crippen LogP) is 2.61. The first kappa shape index (κ1) is 13.9. The Morgan fingerprint density at radius 1 is 1.53 bits per heavy atom. The Morgan fingerprint density at radius 3 is 2.89 bits per heavy atom. The van der Waals surface area contributed by atoms with Crippen molar-refractivity contribution in [2.45, 2.75) is 40.2 Å². The van der Waals surface area contributed by atoms with Gasteiger partial charge in [-0.15, -0.1) is 0 Å². The van der Waals surface area contributed by atoms with Crippen LogP contribution in [0.5, 0.6) is 0 Å². The van der Waals surface area contributed by atoms with Crippen LogP contribution in [0.3, 0.4) is 0 Å². The van der Waals surface area contributed by atoms with E-state index in [2.05, 4.69) is 22.5 Å². The zero-order chi connectivity index (χ0) is 14.0. The van der Waals surface area contributed by atoms with Crippen LogP contribution >= 0.6 is 12.2 Å². The Bertz CT molecular complexity index is 603. The zero-order valence-electron chi connectivity index (χ0n) is 11.7. The van der Waals surface area contributed by atoms with Crippen molar-refractivity contribution >= 4 is 28.4 Å². The van der Waals surface area contributed by atoms with Crippen LogP contribution in [0.15, 0.2) is 12.3 Å². The summed E-state index contributed by atoms with van der Waals surface area (Å²) >= 11 is 5.07. The van der Waals surface area contributed by atoms with Crippen molar-refractivity contribution in [3.63, 3.8) is 0 Å². The van der Waals surface area contributed by atoms with E-state index in [1.165, 1.54) is 0 Å². The Morgan fingerprint density at radius 2 is 2.26 bits per heavy atom. The lowest BCUT2D eigenvalue weighted by molar-refractivity contribution is 0.579. The molecule has 0 saturated carbocycles. The minimum atomic E-state index is 0.145. The van der Waals surface area contributed by atoms with Crippen LogP contribution in [0.2, 0.25) is 0 Å². The highest BCUT2D eigenvalue weighted by Crippen LogP contribution is 2.18. The van der Waals surface area contributed by atoms with E-state index in [1.807, 2.05) is 20.0 Å². The summed E-state index contributed by atoms with van der Waals surface area (Å²) < 4.78 is 2.15. The number of rotatable bonds is 5. The fourth-order valence-electron chi connectivity index (χ4n) is 2.13. The van der Waals surface area contributed by atoms with E-state index in [0.29, 0.717) is 4.99 Å². The number of aryl methyl sites for hydroxylation is 2. The second-order valence-corrected chi connectivity index (χ2v) is 5.52. The number of nitrogens with zero attached hydrogens (tertiary/aromatic N) is 3. The molecule has 0 aliphatic heterocycles. The molecule has 0 radical (unpaired) electrons. The average Bonchev–Trinajstić information content (AvgIpc) is 2.67. The summed E-state index contributed by atoms with van der Waals surface area (Å²) in [6.45, 7) is 6.97. The van der Waals surface area contributed by atoms with Crippen LogP contribution in [0.4, 0.5) is 0 Å². The number of pyridine rings is 1. The van der Waals surface area contributed by atoms with Crippen molar-refractivity contribution < 1.29 is 0 Å². The molecule has 5 heteroatoms. The van der Waals surface area contributed by atoms with Crippen molar-refractivity contribution in [3.05, 3.63) is 23.7 Å². The largest absolute Gasteiger partial charge is 0.393 e. The van der Waals surface area contributed by atoms with Crippen molar-refractivity contribution in [2.75, 3.05) is 0 Å². The topological polar surface area (TPSA) is 56.7 Å². The van der Waals surface area contributed by atoms with Gasteiger partial charge in [-0.05, 0) is 25.0 Å². The van der Waals surface area contributed by atoms with Crippen molar-refractivity contribution in [2.24, 2.45) is 11.7 Å². The highest BCUT2D eigenvalue weighted by atomic mass is 32.1. The van der Waals surface area contributed by atoms with Gasteiger partial charge in [-0.2, -0.15) is 0 Å². The van der Waals surface area contributed by atoms with Crippen LogP contribution in [-0.4, -0.2) is 19.5 Å². The maximum absolute atomic E-state index is 5.72. The summed E-state index contributed by atoms with van der Waals surface area (Å²) in [7, 11) is 0. The van der Waals surface area contributed by atoms with E-state index in [0.717, 1.165) is 41.9 Å². The molecular formula is C14H20N4S. The summed E-state index contributed by atoms with van der Waals surface area (Å²) in [6, 6.07) is 2.07. The lowest BCUT2D eigenvalue weighted by Crippen LogP contribution is -2.23. The molecule has 0 bridgehead atoms. The van der Waals surface area contributed by atoms with E-state index < -0.39 is 0 Å². The number of aromatic nitrogens is 3. The number of imidazole rings is 1. The van der Waals surface area contributed by atoms with E-state index in [4.69, 9.17) is 22.9 Å². The van der Waals surface area contributed by atoms with E-state index >= 15 is 0 Å². The quantitative estimate of drug-likeness (QED) is 0.853. The van der Waals surface area contributed by atoms with Crippen LogP contribution in [-0.2, 0) is 13.0 Å². The third kappa shape index (κ3) is 2.92. The second kappa shape index (κ2) is 5.65.